The quantitative estimate of drug-likeness (QED) is 0.291. The van der Waals surface area contributed by atoms with Crippen molar-refractivity contribution in [1.29, 1.82) is 0 Å². The lowest BCUT2D eigenvalue weighted by atomic mass is 10.0. The molecule has 9 heteroatoms. The number of aryl methyl sites for hydroxylation is 1. The topological polar surface area (TPSA) is 105 Å². The molecule has 0 aliphatic carbocycles. The number of hydrogen-bond acceptors (Lipinski definition) is 6. The maximum Gasteiger partial charge on any atom is 0.226 e. The lowest BCUT2D eigenvalue weighted by Crippen LogP contribution is -2.16. The van der Waals surface area contributed by atoms with Crippen LogP contribution >= 0.6 is 12.2 Å². The van der Waals surface area contributed by atoms with Crippen LogP contribution in [0.15, 0.2) is 66.9 Å². The highest BCUT2D eigenvalue weighted by Gasteiger charge is 2.15. The number of carbonyl (C=O) groups is 1. The Morgan fingerprint density at radius 3 is 2.71 bits per heavy atom. The number of amides is 1. The Hall–Kier alpha value is -3.82. The fraction of sp³-hybridized carbons (Fsp3) is 0.231. The highest BCUT2D eigenvalue weighted by molar-refractivity contribution is 7.71. The number of aromatic nitrogens is 4. The number of hydrogen-bond donors (Lipinski definition) is 3. The molecule has 2 heterocycles. The molecule has 4 rings (SSSR count). The maximum atomic E-state index is 12.8. The molecule has 2 aromatic heterocycles. The van der Waals surface area contributed by atoms with Crippen LogP contribution in [0.4, 0.5) is 5.69 Å². The molecule has 0 aliphatic heterocycles. The maximum absolute atomic E-state index is 12.8. The summed E-state index contributed by atoms with van der Waals surface area (Å²) in [6.07, 6.45) is 0.954. The number of pyridine rings is 1. The monoisotopic (exact) mass is 489 g/mol. The van der Waals surface area contributed by atoms with E-state index in [1.54, 1.807) is 29.0 Å². The minimum Gasteiger partial charge on any atom is -0.494 e. The number of aliphatic hydroxyl groups excluding tert-OH is 1. The molecule has 35 heavy (non-hydrogen) atoms. The van der Waals surface area contributed by atoms with E-state index in [9.17, 15) is 9.90 Å². The smallest absolute Gasteiger partial charge is 0.226 e. The second-order valence-corrected chi connectivity index (χ2v) is 8.38. The van der Waals surface area contributed by atoms with Gasteiger partial charge in [0.1, 0.15) is 11.9 Å². The standard InChI is InChI=1S/C26H27N5O3S/c1-3-34-20-11-9-18(10-12-20)25-29-30-26(35)31(25)15-13-23(32)28-22-16-19(8-7-17(22)2)24(33)21-6-4-5-14-27-21/h4-12,14,16,24,33H,3,13,15H2,1-2H3,(H,28,32)(H,30,35). The molecule has 180 valence electrons. The van der Waals surface area contributed by atoms with E-state index in [-0.39, 0.29) is 12.3 Å². The van der Waals surface area contributed by atoms with E-state index in [0.717, 1.165) is 16.9 Å². The summed E-state index contributed by atoms with van der Waals surface area (Å²) in [5.41, 5.74) is 3.60. The predicted molar refractivity (Wildman–Crippen MR) is 137 cm³/mol. The third kappa shape index (κ3) is 5.82. The molecule has 0 radical (unpaired) electrons. The molecular formula is C26H27N5O3S. The Morgan fingerprint density at radius 2 is 2.00 bits per heavy atom. The summed E-state index contributed by atoms with van der Waals surface area (Å²) < 4.78 is 7.75. The third-order valence-electron chi connectivity index (χ3n) is 5.56. The first-order chi connectivity index (χ1) is 17.0. The van der Waals surface area contributed by atoms with Crippen LogP contribution in [-0.2, 0) is 11.3 Å². The zero-order valence-electron chi connectivity index (χ0n) is 19.6. The van der Waals surface area contributed by atoms with E-state index in [4.69, 9.17) is 17.0 Å². The van der Waals surface area contributed by atoms with Gasteiger partial charge in [-0.3, -0.25) is 19.4 Å². The number of nitrogens with one attached hydrogen (secondary N) is 2. The van der Waals surface area contributed by atoms with Gasteiger partial charge in [-0.2, -0.15) is 5.10 Å². The molecule has 1 atom stereocenters. The number of nitrogens with zero attached hydrogens (tertiary/aromatic N) is 3. The van der Waals surface area contributed by atoms with Crippen molar-refractivity contribution in [3.63, 3.8) is 0 Å². The molecule has 2 aromatic carbocycles. The fourth-order valence-electron chi connectivity index (χ4n) is 3.69. The summed E-state index contributed by atoms with van der Waals surface area (Å²) >= 11 is 5.39. The number of rotatable bonds is 9. The number of benzene rings is 2. The minimum absolute atomic E-state index is 0.168. The second kappa shape index (κ2) is 11.1. The third-order valence-corrected chi connectivity index (χ3v) is 5.88. The van der Waals surface area contributed by atoms with E-state index >= 15 is 0 Å². The van der Waals surface area contributed by atoms with E-state index in [1.807, 2.05) is 56.3 Å². The van der Waals surface area contributed by atoms with Gasteiger partial charge in [-0.1, -0.05) is 18.2 Å². The molecule has 4 aromatic rings. The van der Waals surface area contributed by atoms with Gasteiger partial charge in [0.2, 0.25) is 5.91 Å². The molecule has 3 N–H and O–H groups in total. The van der Waals surface area contributed by atoms with Crippen molar-refractivity contribution >= 4 is 23.8 Å². The van der Waals surface area contributed by atoms with Crippen molar-refractivity contribution in [3.8, 4) is 17.1 Å². The zero-order valence-corrected chi connectivity index (χ0v) is 20.4. The molecular weight excluding hydrogens is 462 g/mol. The summed E-state index contributed by atoms with van der Waals surface area (Å²) in [7, 11) is 0. The van der Waals surface area contributed by atoms with Gasteiger partial charge in [-0.15, -0.1) is 0 Å². The number of ether oxygens (including phenoxy) is 1. The average Bonchev–Trinajstić information content (AvgIpc) is 3.25. The van der Waals surface area contributed by atoms with Gasteiger partial charge >= 0.3 is 0 Å². The molecule has 0 bridgehead atoms. The first-order valence-corrected chi connectivity index (χ1v) is 11.7. The average molecular weight is 490 g/mol. The van der Waals surface area contributed by atoms with Crippen LogP contribution in [0.2, 0.25) is 0 Å². The lowest BCUT2D eigenvalue weighted by Gasteiger charge is -2.15. The Balaban J connectivity index is 1.45. The van der Waals surface area contributed by atoms with Crippen molar-refractivity contribution in [2.45, 2.75) is 32.9 Å². The molecule has 0 saturated carbocycles. The summed E-state index contributed by atoms with van der Waals surface area (Å²) in [5, 5.41) is 20.8. The van der Waals surface area contributed by atoms with E-state index < -0.39 is 6.10 Å². The summed E-state index contributed by atoms with van der Waals surface area (Å²) in [5.74, 6) is 1.27. The van der Waals surface area contributed by atoms with Crippen LogP contribution in [0.1, 0.15) is 36.3 Å². The Morgan fingerprint density at radius 1 is 1.20 bits per heavy atom. The van der Waals surface area contributed by atoms with Crippen molar-refractivity contribution in [1.82, 2.24) is 19.7 Å². The second-order valence-electron chi connectivity index (χ2n) is 7.99. The van der Waals surface area contributed by atoms with Crippen LogP contribution in [0.25, 0.3) is 11.4 Å². The van der Waals surface area contributed by atoms with Gasteiger partial charge in [0.25, 0.3) is 0 Å². The Bertz CT molecular complexity index is 1350. The van der Waals surface area contributed by atoms with Crippen molar-refractivity contribution in [2.75, 3.05) is 11.9 Å². The van der Waals surface area contributed by atoms with Gasteiger partial charge in [-0.05, 0) is 79.7 Å². The van der Waals surface area contributed by atoms with Crippen LogP contribution in [0.5, 0.6) is 5.75 Å². The predicted octanol–water partition coefficient (Wildman–Crippen LogP) is 4.82. The molecule has 0 spiro atoms. The first-order valence-electron chi connectivity index (χ1n) is 11.3. The van der Waals surface area contributed by atoms with Crippen LogP contribution < -0.4 is 10.1 Å². The molecule has 0 aliphatic rings. The van der Waals surface area contributed by atoms with Gasteiger partial charge in [0.15, 0.2) is 10.6 Å². The normalized spacial score (nSPS) is 11.7. The summed E-state index contributed by atoms with van der Waals surface area (Å²) in [6, 6.07) is 18.4. The van der Waals surface area contributed by atoms with Crippen LogP contribution in [0.3, 0.4) is 0 Å². The van der Waals surface area contributed by atoms with Gasteiger partial charge in [-0.25, -0.2) is 0 Å². The fourth-order valence-corrected chi connectivity index (χ4v) is 3.91. The Kier molecular flexibility index (Phi) is 7.69. The number of aliphatic hydroxyl groups is 1. The number of anilines is 1. The van der Waals surface area contributed by atoms with Crippen molar-refractivity contribution < 1.29 is 14.6 Å². The molecule has 0 saturated heterocycles. The largest absolute Gasteiger partial charge is 0.494 e. The summed E-state index contributed by atoms with van der Waals surface area (Å²) in [4.78, 5) is 17.0. The van der Waals surface area contributed by atoms with Crippen LogP contribution in [-0.4, -0.2) is 37.4 Å². The van der Waals surface area contributed by atoms with E-state index in [0.29, 0.717) is 40.7 Å². The first kappa shape index (κ1) is 24.3. The van der Waals surface area contributed by atoms with Gasteiger partial charge < -0.3 is 15.2 Å². The molecule has 0 fully saturated rings. The minimum atomic E-state index is -0.881. The zero-order chi connectivity index (χ0) is 24.8. The van der Waals surface area contributed by atoms with Crippen molar-refractivity contribution in [3.05, 3.63) is 88.5 Å². The van der Waals surface area contributed by atoms with Gasteiger partial charge in [0, 0.05) is 30.4 Å². The molecule has 8 nitrogen and oxygen atoms in total. The summed E-state index contributed by atoms with van der Waals surface area (Å²) in [6.45, 7) is 4.80. The lowest BCUT2D eigenvalue weighted by molar-refractivity contribution is -0.116. The number of carbonyl (C=O) groups excluding carboxylic acids is 1. The molecule has 1 unspecified atom stereocenters. The van der Waals surface area contributed by atoms with Gasteiger partial charge in [0.05, 0.1) is 12.3 Å². The number of H-pyrrole nitrogens is 1. The van der Waals surface area contributed by atoms with Crippen LogP contribution in [0, 0.1) is 11.7 Å². The Labute approximate surface area is 208 Å². The SMILES string of the molecule is CCOc1ccc(-c2n[nH]c(=S)n2CCC(=O)Nc2cc(C(O)c3ccccn3)ccc2C)cc1. The van der Waals surface area contributed by atoms with Crippen molar-refractivity contribution in [2.24, 2.45) is 0 Å². The highest BCUT2D eigenvalue weighted by Crippen LogP contribution is 2.26. The van der Waals surface area contributed by atoms with E-state index in [1.165, 1.54) is 0 Å². The molecule has 1 amide bonds. The highest BCUT2D eigenvalue weighted by atomic mass is 32.1. The number of aromatic amines is 1. The van der Waals surface area contributed by atoms with E-state index in [2.05, 4.69) is 20.5 Å².